The second-order valence-electron chi connectivity index (χ2n) is 4.46. The average Bonchev–Trinajstić information content (AvgIpc) is 2.38. The fraction of sp³-hybridized carbons (Fsp3) is 0.500. The van der Waals surface area contributed by atoms with Gasteiger partial charge in [0.05, 0.1) is 26.4 Å². The Bertz CT molecular complexity index is 412. The summed E-state index contributed by atoms with van der Waals surface area (Å²) in [5, 5.41) is 9.33. The molecule has 0 aliphatic rings. The van der Waals surface area contributed by atoms with Gasteiger partial charge in [0.2, 0.25) is 0 Å². The fourth-order valence-corrected chi connectivity index (χ4v) is 1.80. The molecule has 0 aliphatic carbocycles. The van der Waals surface area contributed by atoms with Crippen LogP contribution >= 0.6 is 0 Å². The zero-order chi connectivity index (χ0) is 13.7. The summed E-state index contributed by atoms with van der Waals surface area (Å²) in [5.74, 6) is 0.618. The number of carbonyl (C=O) groups is 1. The number of aliphatic hydroxyl groups is 1. The third-order valence-corrected chi connectivity index (χ3v) is 3.01. The topological polar surface area (TPSA) is 55.8 Å². The quantitative estimate of drug-likeness (QED) is 0.788. The summed E-state index contributed by atoms with van der Waals surface area (Å²) in [6, 6.07) is 5.08. The lowest BCUT2D eigenvalue weighted by Gasteiger charge is -2.18. The number of hydrogen-bond donors (Lipinski definition) is 1. The fourth-order valence-electron chi connectivity index (χ4n) is 1.80. The number of methoxy groups -OCH3 is 2. The molecule has 100 valence electrons. The lowest BCUT2D eigenvalue weighted by molar-refractivity contribution is 0.0803. The second-order valence-corrected chi connectivity index (χ2v) is 4.46. The maximum atomic E-state index is 12.4. The zero-order valence-electron chi connectivity index (χ0n) is 11.3. The van der Waals surface area contributed by atoms with Crippen molar-refractivity contribution in [2.24, 2.45) is 11.8 Å². The van der Waals surface area contributed by atoms with Crippen molar-refractivity contribution in [3.8, 4) is 11.5 Å². The number of rotatable bonds is 6. The van der Waals surface area contributed by atoms with E-state index in [1.165, 1.54) is 7.11 Å². The molecule has 1 atom stereocenters. The monoisotopic (exact) mass is 252 g/mol. The number of Topliss-reactive ketones (excluding diaryl/α,β-unsaturated/α-hetero) is 1. The summed E-state index contributed by atoms with van der Waals surface area (Å²) >= 11 is 0. The molecule has 1 unspecified atom stereocenters. The highest BCUT2D eigenvalue weighted by molar-refractivity contribution is 6.00. The van der Waals surface area contributed by atoms with E-state index in [1.807, 2.05) is 13.8 Å². The van der Waals surface area contributed by atoms with Crippen LogP contribution in [0.25, 0.3) is 0 Å². The Labute approximate surface area is 108 Å². The molecule has 0 bridgehead atoms. The minimum atomic E-state index is -0.425. The van der Waals surface area contributed by atoms with Gasteiger partial charge in [-0.2, -0.15) is 0 Å². The first-order valence-electron chi connectivity index (χ1n) is 5.92. The number of ether oxygens (including phenoxy) is 2. The van der Waals surface area contributed by atoms with E-state index in [-0.39, 0.29) is 18.3 Å². The molecule has 0 saturated heterocycles. The molecule has 0 aliphatic heterocycles. The molecule has 4 heteroatoms. The molecular weight excluding hydrogens is 232 g/mol. The predicted molar refractivity (Wildman–Crippen MR) is 69.3 cm³/mol. The van der Waals surface area contributed by atoms with E-state index >= 15 is 0 Å². The van der Waals surface area contributed by atoms with Crippen molar-refractivity contribution in [1.29, 1.82) is 0 Å². The highest BCUT2D eigenvalue weighted by Gasteiger charge is 2.25. The van der Waals surface area contributed by atoms with E-state index in [1.54, 1.807) is 25.3 Å². The van der Waals surface area contributed by atoms with Crippen LogP contribution < -0.4 is 9.47 Å². The molecule has 0 spiro atoms. The van der Waals surface area contributed by atoms with Crippen LogP contribution in [0.5, 0.6) is 11.5 Å². The van der Waals surface area contributed by atoms with Crippen LogP contribution in [0.4, 0.5) is 0 Å². The zero-order valence-corrected chi connectivity index (χ0v) is 11.3. The van der Waals surface area contributed by atoms with Crippen molar-refractivity contribution in [3.63, 3.8) is 0 Å². The van der Waals surface area contributed by atoms with Crippen molar-refractivity contribution in [2.75, 3.05) is 20.8 Å². The molecule has 1 N–H and O–H groups in total. The summed E-state index contributed by atoms with van der Waals surface area (Å²) < 4.78 is 10.3. The van der Waals surface area contributed by atoms with Crippen molar-refractivity contribution < 1.29 is 19.4 Å². The third kappa shape index (κ3) is 3.01. The van der Waals surface area contributed by atoms with Gasteiger partial charge >= 0.3 is 0 Å². The molecule has 1 rings (SSSR count). The van der Waals surface area contributed by atoms with Gasteiger partial charge in [0.15, 0.2) is 5.78 Å². The SMILES string of the molecule is COc1ccc(OC)c(C(=O)C(CO)C(C)C)c1. The van der Waals surface area contributed by atoms with Crippen molar-refractivity contribution in [1.82, 2.24) is 0 Å². The van der Waals surface area contributed by atoms with Crippen LogP contribution in [0.3, 0.4) is 0 Å². The van der Waals surface area contributed by atoms with Crippen molar-refractivity contribution >= 4 is 5.78 Å². The van der Waals surface area contributed by atoms with Gasteiger partial charge in [-0.3, -0.25) is 4.79 Å². The minimum Gasteiger partial charge on any atom is -0.497 e. The second kappa shape index (κ2) is 6.40. The van der Waals surface area contributed by atoms with E-state index in [4.69, 9.17) is 9.47 Å². The lowest BCUT2D eigenvalue weighted by atomic mass is 9.88. The maximum Gasteiger partial charge on any atom is 0.172 e. The Morgan fingerprint density at radius 2 is 1.94 bits per heavy atom. The van der Waals surface area contributed by atoms with Gasteiger partial charge in [-0.15, -0.1) is 0 Å². The van der Waals surface area contributed by atoms with Gasteiger partial charge in [0, 0.05) is 5.92 Å². The van der Waals surface area contributed by atoms with Gasteiger partial charge in [-0.25, -0.2) is 0 Å². The molecule has 0 radical (unpaired) electrons. The molecule has 0 saturated carbocycles. The van der Waals surface area contributed by atoms with E-state index in [9.17, 15) is 9.90 Å². The Hall–Kier alpha value is -1.55. The van der Waals surface area contributed by atoms with Crippen LogP contribution in [0, 0.1) is 11.8 Å². The summed E-state index contributed by atoms with van der Waals surface area (Å²) in [4.78, 5) is 12.4. The maximum absolute atomic E-state index is 12.4. The van der Waals surface area contributed by atoms with Gasteiger partial charge in [-0.05, 0) is 24.1 Å². The highest BCUT2D eigenvalue weighted by atomic mass is 16.5. The van der Waals surface area contributed by atoms with Crippen LogP contribution in [0.15, 0.2) is 18.2 Å². The molecular formula is C14H20O4. The van der Waals surface area contributed by atoms with Gasteiger partial charge < -0.3 is 14.6 Å². The summed E-state index contributed by atoms with van der Waals surface area (Å²) in [6.07, 6.45) is 0. The molecule has 0 aromatic heterocycles. The normalized spacial score (nSPS) is 12.3. The van der Waals surface area contributed by atoms with E-state index in [0.29, 0.717) is 17.1 Å². The molecule has 4 nitrogen and oxygen atoms in total. The molecule has 0 amide bonds. The first-order valence-corrected chi connectivity index (χ1v) is 5.92. The first kappa shape index (κ1) is 14.5. The standard InChI is InChI=1S/C14H20O4/c1-9(2)12(8-15)14(16)11-7-10(17-3)5-6-13(11)18-4/h5-7,9,12,15H,8H2,1-4H3. The number of carbonyl (C=O) groups excluding carboxylic acids is 1. The lowest BCUT2D eigenvalue weighted by Crippen LogP contribution is -2.24. The Morgan fingerprint density at radius 1 is 1.28 bits per heavy atom. The summed E-state index contributed by atoms with van der Waals surface area (Å²) in [7, 11) is 3.06. The predicted octanol–water partition coefficient (Wildman–Crippen LogP) is 2.15. The number of benzene rings is 1. The van der Waals surface area contributed by atoms with Crippen LogP contribution in [0.1, 0.15) is 24.2 Å². The first-order chi connectivity index (χ1) is 8.54. The Kier molecular flexibility index (Phi) is 5.16. The van der Waals surface area contributed by atoms with Crippen LogP contribution in [-0.2, 0) is 0 Å². The molecule has 0 heterocycles. The third-order valence-electron chi connectivity index (χ3n) is 3.01. The number of ketones is 1. The largest absolute Gasteiger partial charge is 0.497 e. The van der Waals surface area contributed by atoms with Crippen molar-refractivity contribution in [3.05, 3.63) is 23.8 Å². The number of hydrogen-bond acceptors (Lipinski definition) is 4. The van der Waals surface area contributed by atoms with Crippen LogP contribution in [-0.4, -0.2) is 31.7 Å². The Morgan fingerprint density at radius 3 is 2.39 bits per heavy atom. The smallest absolute Gasteiger partial charge is 0.172 e. The molecule has 1 aromatic rings. The van der Waals surface area contributed by atoms with Crippen molar-refractivity contribution in [2.45, 2.75) is 13.8 Å². The highest BCUT2D eigenvalue weighted by Crippen LogP contribution is 2.28. The van der Waals surface area contributed by atoms with Gasteiger partial charge in [0.1, 0.15) is 11.5 Å². The Balaban J connectivity index is 3.16. The van der Waals surface area contributed by atoms with E-state index in [2.05, 4.69) is 0 Å². The van der Waals surface area contributed by atoms with Gasteiger partial charge in [-0.1, -0.05) is 13.8 Å². The van der Waals surface area contributed by atoms with Gasteiger partial charge in [0.25, 0.3) is 0 Å². The molecule has 1 aromatic carbocycles. The van der Waals surface area contributed by atoms with E-state index < -0.39 is 5.92 Å². The molecule has 18 heavy (non-hydrogen) atoms. The average molecular weight is 252 g/mol. The minimum absolute atomic E-state index is 0.0680. The summed E-state index contributed by atoms with van der Waals surface area (Å²) in [6.45, 7) is 3.65. The van der Waals surface area contributed by atoms with E-state index in [0.717, 1.165) is 0 Å². The number of aliphatic hydroxyl groups excluding tert-OH is 1. The molecule has 0 fully saturated rings. The van der Waals surface area contributed by atoms with Crippen LogP contribution in [0.2, 0.25) is 0 Å². The summed E-state index contributed by atoms with van der Waals surface area (Å²) in [5.41, 5.74) is 0.449.